The minimum atomic E-state index is -6.09. The van der Waals surface area contributed by atoms with Crippen molar-refractivity contribution in [3.8, 4) is 11.8 Å². The first-order valence-corrected chi connectivity index (χ1v) is 23.1. The molecule has 0 saturated heterocycles. The van der Waals surface area contributed by atoms with Crippen LogP contribution in [0.25, 0.3) is 0 Å². The number of hydrogen-bond acceptors (Lipinski definition) is 7. The van der Waals surface area contributed by atoms with Gasteiger partial charge in [-0.1, -0.05) is 0 Å². The largest absolute Gasteiger partial charge is 0.741 e. The maximum Gasteiger partial charge on any atom is 0.485 e. The van der Waals surface area contributed by atoms with Gasteiger partial charge in [-0.15, -0.1) is 0 Å². The molecule has 234 valence electrons. The summed E-state index contributed by atoms with van der Waals surface area (Å²) in [6.07, 6.45) is 0.617. The van der Waals surface area contributed by atoms with Crippen LogP contribution in [0.15, 0.2) is 60.7 Å². The molecule has 0 aromatic heterocycles. The molecule has 8 nitrogen and oxygen atoms in total. The molecule has 0 unspecified atom stereocenters. The summed E-state index contributed by atoms with van der Waals surface area (Å²) in [5.41, 5.74) is -11.2. The van der Waals surface area contributed by atoms with Crippen LogP contribution in [0.2, 0.25) is 19.6 Å². The van der Waals surface area contributed by atoms with Crippen LogP contribution in [-0.2, 0) is 26.8 Å². The fourth-order valence-corrected chi connectivity index (χ4v) is 20.9. The quantitative estimate of drug-likeness (QED) is 0.0492. The SMILES string of the molecule is CC#CC[O+](C[Si](C)(C)C)I(OI(OS(=O)(=O)C(F)(F)F)c1ccccc1)c1ccccc1.O=S(=O)([O-])C(F)(F)F. The average molecular weight is 878 g/mol. The molecule has 0 fully saturated rings. The van der Waals surface area contributed by atoms with Gasteiger partial charge in [-0.25, -0.2) is 8.42 Å². The van der Waals surface area contributed by atoms with Crippen LogP contribution < -0.4 is 0 Å². The zero-order valence-corrected chi connectivity index (χ0v) is 28.7. The van der Waals surface area contributed by atoms with Crippen molar-refractivity contribution in [1.29, 1.82) is 0 Å². The summed E-state index contributed by atoms with van der Waals surface area (Å²) in [5, 5.41) is 0. The second-order valence-electron chi connectivity index (χ2n) is 8.65. The van der Waals surface area contributed by atoms with Gasteiger partial charge in [0.1, 0.15) is 0 Å². The molecule has 19 heteroatoms. The molecule has 2 aromatic rings. The Morgan fingerprint density at radius 3 is 1.66 bits per heavy atom. The van der Waals surface area contributed by atoms with E-state index in [-0.39, 0.29) is 0 Å². The third-order valence-electron chi connectivity index (χ3n) is 3.83. The Bertz CT molecular complexity index is 1380. The second-order valence-corrected chi connectivity index (χ2v) is 26.8. The number of benzene rings is 2. The molecule has 0 saturated carbocycles. The minimum Gasteiger partial charge on any atom is -0.741 e. The third-order valence-corrected chi connectivity index (χ3v) is 19.3. The first-order chi connectivity index (χ1) is 18.6. The van der Waals surface area contributed by atoms with E-state index in [9.17, 15) is 34.8 Å². The molecule has 0 N–H and O–H groups in total. The van der Waals surface area contributed by atoms with Gasteiger partial charge in [0.15, 0.2) is 10.1 Å². The number of alkyl halides is 6. The van der Waals surface area contributed by atoms with Gasteiger partial charge in [-0.05, 0) is 0 Å². The van der Waals surface area contributed by atoms with Crippen molar-refractivity contribution < 1.29 is 54.3 Å². The zero-order chi connectivity index (χ0) is 31.7. The van der Waals surface area contributed by atoms with Crippen molar-refractivity contribution in [2.24, 2.45) is 0 Å². The first kappa shape index (κ1) is 38.0. The Morgan fingerprint density at radius 1 is 0.854 bits per heavy atom. The van der Waals surface area contributed by atoms with Crippen molar-refractivity contribution in [2.75, 3.05) is 12.8 Å². The molecule has 0 bridgehead atoms. The molecular weight excluding hydrogens is 852 g/mol. The summed E-state index contributed by atoms with van der Waals surface area (Å²) in [5.74, 6) is 5.85. The van der Waals surface area contributed by atoms with Crippen molar-refractivity contribution in [3.63, 3.8) is 0 Å². The predicted molar refractivity (Wildman–Crippen MR) is 159 cm³/mol. The van der Waals surface area contributed by atoms with Crippen LogP contribution in [-0.4, -0.2) is 53.3 Å². The number of hydrogen-bond donors (Lipinski definition) is 0. The van der Waals surface area contributed by atoms with Gasteiger partial charge in [0, 0.05) is 0 Å². The Balaban J connectivity index is 0.000000915. The van der Waals surface area contributed by atoms with E-state index in [2.05, 4.69) is 34.2 Å². The topological polar surface area (TPSA) is 112 Å². The minimum absolute atomic E-state index is 0.297. The molecule has 0 atom stereocenters. The van der Waals surface area contributed by atoms with Gasteiger partial charge in [-0.3, -0.25) is 0 Å². The number of halogens is 8. The van der Waals surface area contributed by atoms with E-state index in [4.69, 9.17) is 16.9 Å². The summed E-state index contributed by atoms with van der Waals surface area (Å²) in [7, 11) is -13.6. The van der Waals surface area contributed by atoms with Crippen LogP contribution >= 0.6 is 41.3 Å². The Hall–Kier alpha value is -1.00. The van der Waals surface area contributed by atoms with E-state index in [0.29, 0.717) is 16.4 Å². The number of rotatable bonds is 10. The fraction of sp³-hybridized carbons (Fsp3) is 0.364. The molecule has 2 aromatic carbocycles. The van der Waals surface area contributed by atoms with Gasteiger partial charge >= 0.3 is 218 Å². The average Bonchev–Trinajstić information content (AvgIpc) is 2.83. The van der Waals surface area contributed by atoms with E-state index in [1.807, 2.05) is 30.3 Å². The first-order valence-electron chi connectivity index (χ1n) is 10.9. The Labute approximate surface area is 252 Å². The van der Waals surface area contributed by atoms with Gasteiger partial charge in [0.05, 0.1) is 0 Å². The van der Waals surface area contributed by atoms with Gasteiger partial charge in [0.2, 0.25) is 0 Å². The Morgan fingerprint density at radius 2 is 1.29 bits per heavy atom. The molecule has 0 aliphatic carbocycles. The van der Waals surface area contributed by atoms with Crippen molar-refractivity contribution in [1.82, 2.24) is 0 Å². The third kappa shape index (κ3) is 13.4. The van der Waals surface area contributed by atoms with E-state index < -0.39 is 80.6 Å². The molecule has 0 aliphatic rings. The normalized spacial score (nSPS) is 13.5. The van der Waals surface area contributed by atoms with Crippen LogP contribution in [0, 0.1) is 19.0 Å². The maximum absolute atomic E-state index is 13.2. The van der Waals surface area contributed by atoms with Crippen LogP contribution in [0.4, 0.5) is 26.3 Å². The molecule has 0 aliphatic heterocycles. The van der Waals surface area contributed by atoms with E-state index in [1.165, 1.54) is 12.1 Å². The van der Waals surface area contributed by atoms with Crippen LogP contribution in [0.1, 0.15) is 6.92 Å². The Kier molecular flexibility index (Phi) is 14.5. The van der Waals surface area contributed by atoms with Gasteiger partial charge in [0.25, 0.3) is 0 Å². The zero-order valence-electron chi connectivity index (χ0n) is 21.8. The monoisotopic (exact) mass is 878 g/mol. The van der Waals surface area contributed by atoms with Gasteiger partial charge < -0.3 is 4.55 Å². The smallest absolute Gasteiger partial charge is 0.485 e. The van der Waals surface area contributed by atoms with Crippen LogP contribution in [0.3, 0.4) is 0 Å². The standard InChI is InChI=1S/C21H26F3I2O5SSi.CHF3O3S/c1-5-6-17-31(18-33(2,3)4)26(20-15-11-8-12-16-20)29-25(19-13-9-7-10-14-19)30-32(27,28)21(22,23)24;2-1(3,4)8(5,6)7/h7-16H,17-18H2,1-4H3;(H,5,6,7)/q+1;/p-1. The molecule has 0 amide bonds. The molecule has 2 rings (SSSR count). The van der Waals surface area contributed by atoms with E-state index in [1.54, 1.807) is 25.1 Å². The molecule has 0 radical (unpaired) electrons. The summed E-state index contributed by atoms with van der Waals surface area (Å²) >= 11 is -6.71. The maximum atomic E-state index is 13.2. The second kappa shape index (κ2) is 15.6. The summed E-state index contributed by atoms with van der Waals surface area (Å²) in [6.45, 7) is 8.47. The predicted octanol–water partition coefficient (Wildman–Crippen LogP) is 6.79. The molecule has 41 heavy (non-hydrogen) atoms. The van der Waals surface area contributed by atoms with Crippen molar-refractivity contribution in [2.45, 2.75) is 37.6 Å². The summed E-state index contributed by atoms with van der Waals surface area (Å²) in [6, 6.07) is 17.1. The molecule has 0 spiro atoms. The summed E-state index contributed by atoms with van der Waals surface area (Å²) < 4.78 is 138. The van der Waals surface area contributed by atoms with Crippen molar-refractivity contribution >= 4 is 69.6 Å². The van der Waals surface area contributed by atoms with Crippen molar-refractivity contribution in [3.05, 3.63) is 67.8 Å². The van der Waals surface area contributed by atoms with E-state index >= 15 is 0 Å². The molecular formula is C22H26F6I2O8S2Si. The van der Waals surface area contributed by atoms with E-state index in [0.717, 1.165) is 3.57 Å². The van der Waals surface area contributed by atoms with Gasteiger partial charge in [-0.2, -0.15) is 13.2 Å². The fourth-order valence-electron chi connectivity index (χ4n) is 2.24. The van der Waals surface area contributed by atoms with Crippen LogP contribution in [0.5, 0.6) is 0 Å². The summed E-state index contributed by atoms with van der Waals surface area (Å²) in [4.78, 5) is 0. The molecule has 0 heterocycles.